The van der Waals surface area contributed by atoms with E-state index in [1.54, 1.807) is 18.2 Å². The molecule has 2 aromatic carbocycles. The van der Waals surface area contributed by atoms with Gasteiger partial charge in [0.05, 0.1) is 18.7 Å². The number of nitrogens with zero attached hydrogens (tertiary/aromatic N) is 1. The summed E-state index contributed by atoms with van der Waals surface area (Å²) in [6.07, 6.45) is 1.05. The van der Waals surface area contributed by atoms with Gasteiger partial charge in [0.1, 0.15) is 0 Å². The Morgan fingerprint density at radius 2 is 1.93 bits per heavy atom. The van der Waals surface area contributed by atoms with E-state index in [4.69, 9.17) is 14.7 Å². The van der Waals surface area contributed by atoms with Crippen molar-refractivity contribution in [1.29, 1.82) is 5.26 Å². The third-order valence-corrected chi connectivity index (χ3v) is 3.76. The van der Waals surface area contributed by atoms with Gasteiger partial charge in [-0.1, -0.05) is 18.2 Å². The summed E-state index contributed by atoms with van der Waals surface area (Å²) in [7, 11) is 1.29. The lowest BCUT2D eigenvalue weighted by Crippen LogP contribution is -2.29. The summed E-state index contributed by atoms with van der Waals surface area (Å²) < 4.78 is 39.7. The third-order valence-electron chi connectivity index (χ3n) is 3.76. The standard InChI is InChI=1S/C21H18F2N2O5/c1-13(20(27)25-16-7-3-5-14(11-16)12-24)29-18(26)10-9-15-6-4-8-17(28-2)19(15)30-21(22)23/h3-11,13,21H,1-2H3,(H,25,27)/b10-9+/t13-/m0/s1. The van der Waals surface area contributed by atoms with E-state index in [0.717, 1.165) is 6.08 Å². The topological polar surface area (TPSA) is 97.6 Å². The SMILES string of the molecule is COc1cccc(/C=C/C(=O)O[C@@H](C)C(=O)Nc2cccc(C#N)c2)c1OC(F)F. The first-order valence-corrected chi connectivity index (χ1v) is 8.65. The van der Waals surface area contributed by atoms with Crippen LogP contribution in [0.3, 0.4) is 0 Å². The van der Waals surface area contributed by atoms with E-state index in [0.29, 0.717) is 11.3 Å². The maximum absolute atomic E-state index is 12.6. The Morgan fingerprint density at radius 1 is 1.20 bits per heavy atom. The summed E-state index contributed by atoms with van der Waals surface area (Å²) in [4.78, 5) is 24.2. The molecule has 2 rings (SSSR count). The van der Waals surface area contributed by atoms with Crippen LogP contribution in [0.25, 0.3) is 6.08 Å². The number of halogens is 2. The maximum Gasteiger partial charge on any atom is 0.387 e. The Kier molecular flexibility index (Phi) is 7.88. The minimum absolute atomic E-state index is 0.0677. The van der Waals surface area contributed by atoms with Gasteiger partial charge in [-0.05, 0) is 37.3 Å². The monoisotopic (exact) mass is 416 g/mol. The third kappa shape index (κ3) is 6.31. The van der Waals surface area contributed by atoms with Crippen molar-refractivity contribution in [3.05, 3.63) is 59.7 Å². The first kappa shape index (κ1) is 22.4. The van der Waals surface area contributed by atoms with Gasteiger partial charge in [-0.15, -0.1) is 0 Å². The molecule has 0 bridgehead atoms. The molecule has 1 atom stereocenters. The number of hydrogen-bond acceptors (Lipinski definition) is 6. The van der Waals surface area contributed by atoms with E-state index < -0.39 is 24.6 Å². The zero-order valence-electron chi connectivity index (χ0n) is 16.1. The molecule has 1 N–H and O–H groups in total. The molecular formula is C21H18F2N2O5. The first-order valence-electron chi connectivity index (χ1n) is 8.65. The van der Waals surface area contributed by atoms with Crippen molar-refractivity contribution in [2.24, 2.45) is 0 Å². The number of methoxy groups -OCH3 is 1. The highest BCUT2D eigenvalue weighted by Crippen LogP contribution is 2.33. The van der Waals surface area contributed by atoms with Crippen molar-refractivity contribution in [1.82, 2.24) is 0 Å². The number of rotatable bonds is 8. The maximum atomic E-state index is 12.6. The summed E-state index contributed by atoms with van der Waals surface area (Å²) in [5.74, 6) is -1.63. The predicted molar refractivity (Wildman–Crippen MR) is 104 cm³/mol. The molecule has 0 aromatic heterocycles. The van der Waals surface area contributed by atoms with Crippen LogP contribution in [0.1, 0.15) is 18.1 Å². The van der Waals surface area contributed by atoms with Crippen molar-refractivity contribution in [3.63, 3.8) is 0 Å². The zero-order valence-corrected chi connectivity index (χ0v) is 16.1. The number of hydrogen-bond donors (Lipinski definition) is 1. The van der Waals surface area contributed by atoms with Crippen LogP contribution in [0.15, 0.2) is 48.5 Å². The van der Waals surface area contributed by atoms with Crippen molar-refractivity contribution >= 4 is 23.6 Å². The fourth-order valence-corrected chi connectivity index (χ4v) is 2.38. The summed E-state index contributed by atoms with van der Waals surface area (Å²) in [5.41, 5.74) is 0.903. The van der Waals surface area contributed by atoms with Gasteiger partial charge < -0.3 is 19.5 Å². The van der Waals surface area contributed by atoms with Gasteiger partial charge >= 0.3 is 12.6 Å². The first-order chi connectivity index (χ1) is 14.3. The lowest BCUT2D eigenvalue weighted by atomic mass is 10.1. The minimum Gasteiger partial charge on any atom is -0.493 e. The van der Waals surface area contributed by atoms with Crippen LogP contribution in [0, 0.1) is 11.3 Å². The van der Waals surface area contributed by atoms with Crippen LogP contribution in [0.2, 0.25) is 0 Å². The van der Waals surface area contributed by atoms with Gasteiger partial charge in [0.2, 0.25) is 0 Å². The number of benzene rings is 2. The van der Waals surface area contributed by atoms with Crippen LogP contribution >= 0.6 is 0 Å². The molecule has 0 spiro atoms. The normalized spacial score (nSPS) is 11.6. The smallest absolute Gasteiger partial charge is 0.387 e. The highest BCUT2D eigenvalue weighted by molar-refractivity contribution is 5.96. The van der Waals surface area contributed by atoms with E-state index in [1.807, 2.05) is 6.07 Å². The number of para-hydroxylation sites is 1. The highest BCUT2D eigenvalue weighted by Gasteiger charge is 2.18. The molecule has 0 heterocycles. The van der Waals surface area contributed by atoms with Gasteiger partial charge in [0, 0.05) is 17.3 Å². The van der Waals surface area contributed by atoms with E-state index in [9.17, 15) is 18.4 Å². The van der Waals surface area contributed by atoms with Crippen molar-refractivity contribution in [2.45, 2.75) is 19.6 Å². The quantitative estimate of drug-likeness (QED) is 0.520. The average molecular weight is 416 g/mol. The summed E-state index contributed by atoms with van der Waals surface area (Å²) in [5, 5.41) is 11.4. The van der Waals surface area contributed by atoms with Gasteiger partial charge in [0.15, 0.2) is 17.6 Å². The number of ether oxygens (including phenoxy) is 3. The second-order valence-corrected chi connectivity index (χ2v) is 5.85. The Hall–Kier alpha value is -3.93. The average Bonchev–Trinajstić information content (AvgIpc) is 2.72. The molecule has 30 heavy (non-hydrogen) atoms. The fourth-order valence-electron chi connectivity index (χ4n) is 2.38. The number of anilines is 1. The lowest BCUT2D eigenvalue weighted by molar-refractivity contribution is -0.148. The number of alkyl halides is 2. The predicted octanol–water partition coefficient (Wildman–Crippen LogP) is 3.75. The van der Waals surface area contributed by atoms with Crippen LogP contribution in [0.4, 0.5) is 14.5 Å². The number of nitriles is 1. The minimum atomic E-state index is -3.08. The Balaban J connectivity index is 2.03. The lowest BCUT2D eigenvalue weighted by Gasteiger charge is -2.13. The van der Waals surface area contributed by atoms with Crippen LogP contribution < -0.4 is 14.8 Å². The molecule has 0 saturated heterocycles. The second kappa shape index (κ2) is 10.6. The van der Waals surface area contributed by atoms with E-state index >= 15 is 0 Å². The summed E-state index contributed by atoms with van der Waals surface area (Å²) >= 11 is 0. The van der Waals surface area contributed by atoms with E-state index in [-0.39, 0.29) is 17.1 Å². The fraction of sp³-hybridized carbons (Fsp3) is 0.190. The molecule has 0 unspecified atom stereocenters. The Labute approximate surface area is 171 Å². The van der Waals surface area contributed by atoms with Gasteiger partial charge in [-0.2, -0.15) is 14.0 Å². The molecule has 9 heteroatoms. The van der Waals surface area contributed by atoms with Crippen LogP contribution in [0.5, 0.6) is 11.5 Å². The Bertz CT molecular complexity index is 986. The van der Waals surface area contributed by atoms with Crippen molar-refractivity contribution < 1.29 is 32.6 Å². The number of carbonyl (C=O) groups is 2. The van der Waals surface area contributed by atoms with Crippen LogP contribution in [-0.4, -0.2) is 31.7 Å². The summed E-state index contributed by atoms with van der Waals surface area (Å²) in [6, 6.07) is 12.6. The van der Waals surface area contributed by atoms with Crippen molar-refractivity contribution in [2.75, 3.05) is 12.4 Å². The molecule has 0 fully saturated rings. The van der Waals surface area contributed by atoms with Gasteiger partial charge in [-0.3, -0.25) is 4.79 Å². The molecule has 1 amide bonds. The number of amides is 1. The van der Waals surface area contributed by atoms with E-state index in [2.05, 4.69) is 10.1 Å². The molecule has 2 aromatic rings. The molecular weight excluding hydrogens is 398 g/mol. The molecule has 0 radical (unpaired) electrons. The highest BCUT2D eigenvalue weighted by atomic mass is 19.3. The number of esters is 1. The molecule has 7 nitrogen and oxygen atoms in total. The van der Waals surface area contributed by atoms with E-state index in [1.165, 1.54) is 44.4 Å². The van der Waals surface area contributed by atoms with Crippen molar-refractivity contribution in [3.8, 4) is 17.6 Å². The Morgan fingerprint density at radius 3 is 2.60 bits per heavy atom. The second-order valence-electron chi connectivity index (χ2n) is 5.85. The summed E-state index contributed by atoms with van der Waals surface area (Å²) in [6.45, 7) is -1.71. The molecule has 0 aliphatic carbocycles. The van der Waals surface area contributed by atoms with Crippen LogP contribution in [-0.2, 0) is 14.3 Å². The molecule has 0 aliphatic rings. The largest absolute Gasteiger partial charge is 0.493 e. The molecule has 156 valence electrons. The zero-order chi connectivity index (χ0) is 22.1. The van der Waals surface area contributed by atoms with Gasteiger partial charge in [-0.25, -0.2) is 4.79 Å². The molecule has 0 saturated carbocycles. The van der Waals surface area contributed by atoms with Gasteiger partial charge in [0.25, 0.3) is 5.91 Å². The molecule has 0 aliphatic heterocycles. The number of carbonyl (C=O) groups excluding carboxylic acids is 2. The number of nitrogens with one attached hydrogen (secondary N) is 1.